The fourth-order valence-electron chi connectivity index (χ4n) is 1.32. The molecule has 0 aliphatic carbocycles. The summed E-state index contributed by atoms with van der Waals surface area (Å²) in [6, 6.07) is 0. The Bertz CT molecular complexity index is 304. The third kappa shape index (κ3) is 11.3. The largest absolute Gasteiger partial charge is 0.461 e. The summed E-state index contributed by atoms with van der Waals surface area (Å²) in [5, 5.41) is 19.1. The number of ether oxygens (including phenoxy) is 6. The van der Waals surface area contributed by atoms with E-state index in [9.17, 15) is 19.8 Å². The smallest absolute Gasteiger partial charge is 0.338 e. The summed E-state index contributed by atoms with van der Waals surface area (Å²) in [5.41, 5.74) is 0. The summed E-state index contributed by atoms with van der Waals surface area (Å²) in [6.07, 6.45) is -4.07. The van der Waals surface area contributed by atoms with Crippen LogP contribution in [0.4, 0.5) is 0 Å². The van der Waals surface area contributed by atoms with Crippen LogP contribution >= 0.6 is 0 Å². The van der Waals surface area contributed by atoms with Crippen LogP contribution in [0.1, 0.15) is 0 Å². The summed E-state index contributed by atoms with van der Waals surface area (Å²) in [6.45, 7) is 1.40. The highest BCUT2D eigenvalue weighted by molar-refractivity contribution is 5.85. The number of esters is 2. The van der Waals surface area contributed by atoms with Gasteiger partial charge in [-0.25, -0.2) is 9.59 Å². The highest BCUT2D eigenvalue weighted by Gasteiger charge is 2.32. The minimum absolute atomic E-state index is 0.0984. The van der Waals surface area contributed by atoms with E-state index in [4.69, 9.17) is 18.9 Å². The number of aliphatic hydroxyl groups excluding tert-OH is 2. The lowest BCUT2D eigenvalue weighted by atomic mass is 10.2. The van der Waals surface area contributed by atoms with Gasteiger partial charge in [0.2, 0.25) is 0 Å². The molecule has 0 rings (SSSR count). The second-order valence-electron chi connectivity index (χ2n) is 4.44. The first-order chi connectivity index (χ1) is 11.5. The molecule has 24 heavy (non-hydrogen) atoms. The van der Waals surface area contributed by atoms with Crippen LogP contribution in [0.3, 0.4) is 0 Å². The van der Waals surface area contributed by atoms with Crippen molar-refractivity contribution in [3.8, 4) is 0 Å². The van der Waals surface area contributed by atoms with E-state index in [-0.39, 0.29) is 26.4 Å². The fraction of sp³-hybridized carbons (Fsp3) is 0.857. The Kier molecular flexibility index (Phi) is 14.4. The average Bonchev–Trinajstić information content (AvgIpc) is 2.59. The van der Waals surface area contributed by atoms with E-state index in [0.29, 0.717) is 26.4 Å². The number of carbonyl (C=O) groups excluding carboxylic acids is 2. The fourth-order valence-corrected chi connectivity index (χ4v) is 1.32. The van der Waals surface area contributed by atoms with Crippen molar-refractivity contribution in [2.75, 3.05) is 67.1 Å². The molecule has 2 atom stereocenters. The molecule has 10 nitrogen and oxygen atoms in total. The lowest BCUT2D eigenvalue weighted by molar-refractivity contribution is -0.174. The Balaban J connectivity index is 3.83. The molecule has 0 saturated carbocycles. The molecule has 10 heteroatoms. The first-order valence-corrected chi connectivity index (χ1v) is 7.37. The van der Waals surface area contributed by atoms with E-state index in [2.05, 4.69) is 9.47 Å². The van der Waals surface area contributed by atoms with E-state index < -0.39 is 24.1 Å². The van der Waals surface area contributed by atoms with Crippen LogP contribution in [0.15, 0.2) is 0 Å². The minimum atomic E-state index is -2.04. The highest BCUT2D eigenvalue weighted by atomic mass is 16.6. The lowest BCUT2D eigenvalue weighted by Gasteiger charge is -2.16. The van der Waals surface area contributed by atoms with Crippen LogP contribution in [0.5, 0.6) is 0 Å². The van der Waals surface area contributed by atoms with Crippen LogP contribution < -0.4 is 0 Å². The number of methoxy groups -OCH3 is 2. The Labute approximate surface area is 140 Å². The van der Waals surface area contributed by atoms with E-state index in [1.807, 2.05) is 0 Å². The van der Waals surface area contributed by atoms with Gasteiger partial charge in [0.25, 0.3) is 0 Å². The molecule has 0 saturated heterocycles. The van der Waals surface area contributed by atoms with Crippen LogP contribution in [-0.4, -0.2) is 101 Å². The standard InChI is InChI=1S/C14H26O10/c1-19-3-5-21-7-9-23-13(17)11(15)12(16)14(18)24-10-8-22-6-4-20-2/h11-12,15-16H,3-10H2,1-2H3/t11-,12-/m1/s1. The molecule has 0 aliphatic rings. The summed E-state index contributed by atoms with van der Waals surface area (Å²) in [4.78, 5) is 22.9. The predicted molar refractivity (Wildman–Crippen MR) is 79.3 cm³/mol. The SMILES string of the molecule is COCCOCCOC(=O)[C@H](O)[C@@H](O)C(=O)OCCOCCOC. The summed E-state index contributed by atoms with van der Waals surface area (Å²) >= 11 is 0. The topological polar surface area (TPSA) is 130 Å². The zero-order chi connectivity index (χ0) is 18.2. The van der Waals surface area contributed by atoms with Gasteiger partial charge in [0.1, 0.15) is 13.2 Å². The molecule has 0 fully saturated rings. The molecule has 0 aliphatic heterocycles. The number of hydrogen-bond acceptors (Lipinski definition) is 10. The quantitative estimate of drug-likeness (QED) is 0.254. The first kappa shape index (κ1) is 22.7. The van der Waals surface area contributed by atoms with Crippen LogP contribution in [0.2, 0.25) is 0 Å². The molecule has 0 aromatic rings. The zero-order valence-corrected chi connectivity index (χ0v) is 14.0. The van der Waals surface area contributed by atoms with Crippen LogP contribution in [0, 0.1) is 0 Å². The van der Waals surface area contributed by atoms with Gasteiger partial charge in [0.05, 0.1) is 39.6 Å². The Morgan fingerprint density at radius 2 is 1.00 bits per heavy atom. The molecule has 0 radical (unpaired) electrons. The second kappa shape index (κ2) is 15.2. The van der Waals surface area contributed by atoms with Crippen molar-refractivity contribution in [2.24, 2.45) is 0 Å². The van der Waals surface area contributed by atoms with Gasteiger partial charge in [-0.1, -0.05) is 0 Å². The Hall–Kier alpha value is -1.30. The lowest BCUT2D eigenvalue weighted by Crippen LogP contribution is -2.42. The second-order valence-corrected chi connectivity index (χ2v) is 4.44. The number of rotatable bonds is 15. The maximum Gasteiger partial charge on any atom is 0.338 e. The van der Waals surface area contributed by atoms with Gasteiger partial charge >= 0.3 is 11.9 Å². The maximum absolute atomic E-state index is 11.5. The van der Waals surface area contributed by atoms with Crippen LogP contribution in [0.25, 0.3) is 0 Å². The van der Waals surface area contributed by atoms with E-state index >= 15 is 0 Å². The van der Waals surface area contributed by atoms with Gasteiger partial charge in [-0.15, -0.1) is 0 Å². The molecule has 0 unspecified atom stereocenters. The van der Waals surface area contributed by atoms with E-state index in [0.717, 1.165) is 0 Å². The van der Waals surface area contributed by atoms with Gasteiger partial charge in [0, 0.05) is 14.2 Å². The molecule has 0 aromatic carbocycles. The monoisotopic (exact) mass is 354 g/mol. The number of hydrogen-bond donors (Lipinski definition) is 2. The normalized spacial score (nSPS) is 13.3. The number of carbonyl (C=O) groups is 2. The molecular formula is C14H26O10. The highest BCUT2D eigenvalue weighted by Crippen LogP contribution is 2.00. The van der Waals surface area contributed by atoms with Crippen molar-refractivity contribution >= 4 is 11.9 Å². The van der Waals surface area contributed by atoms with Crippen LogP contribution in [-0.2, 0) is 38.0 Å². The van der Waals surface area contributed by atoms with Crippen molar-refractivity contribution in [1.29, 1.82) is 0 Å². The van der Waals surface area contributed by atoms with Crippen molar-refractivity contribution < 1.29 is 48.2 Å². The molecule has 0 amide bonds. The average molecular weight is 354 g/mol. The van der Waals surface area contributed by atoms with Gasteiger partial charge in [0.15, 0.2) is 12.2 Å². The van der Waals surface area contributed by atoms with Crippen molar-refractivity contribution in [3.05, 3.63) is 0 Å². The third-order valence-corrected chi connectivity index (χ3v) is 2.59. The van der Waals surface area contributed by atoms with Gasteiger partial charge in [-0.05, 0) is 0 Å². The molecular weight excluding hydrogens is 328 g/mol. The van der Waals surface area contributed by atoms with Crippen molar-refractivity contribution in [3.63, 3.8) is 0 Å². The number of aliphatic hydroxyl groups is 2. The minimum Gasteiger partial charge on any atom is -0.461 e. The van der Waals surface area contributed by atoms with E-state index in [1.54, 1.807) is 0 Å². The predicted octanol–water partition coefficient (Wildman–Crippen LogP) is -1.88. The molecule has 2 N–H and O–H groups in total. The third-order valence-electron chi connectivity index (χ3n) is 2.59. The van der Waals surface area contributed by atoms with Gasteiger partial charge < -0.3 is 38.6 Å². The van der Waals surface area contributed by atoms with Gasteiger partial charge in [-0.3, -0.25) is 0 Å². The summed E-state index contributed by atoms with van der Waals surface area (Å²) < 4.78 is 28.9. The molecule has 0 bridgehead atoms. The molecule has 0 heterocycles. The molecule has 142 valence electrons. The zero-order valence-electron chi connectivity index (χ0n) is 14.0. The molecule has 0 aromatic heterocycles. The maximum atomic E-state index is 11.5. The Morgan fingerprint density at radius 1 is 0.667 bits per heavy atom. The van der Waals surface area contributed by atoms with Crippen molar-refractivity contribution in [1.82, 2.24) is 0 Å². The van der Waals surface area contributed by atoms with Crippen molar-refractivity contribution in [2.45, 2.75) is 12.2 Å². The Morgan fingerprint density at radius 3 is 1.33 bits per heavy atom. The van der Waals surface area contributed by atoms with E-state index in [1.165, 1.54) is 14.2 Å². The molecule has 0 spiro atoms. The van der Waals surface area contributed by atoms with Gasteiger partial charge in [-0.2, -0.15) is 0 Å². The first-order valence-electron chi connectivity index (χ1n) is 7.37. The summed E-state index contributed by atoms with van der Waals surface area (Å²) in [5.74, 6) is -2.29. The summed E-state index contributed by atoms with van der Waals surface area (Å²) in [7, 11) is 3.04.